The number of carbonyl (C=O) groups is 3. The molecule has 4 aromatic rings. The summed E-state index contributed by atoms with van der Waals surface area (Å²) in [7, 11) is 0. The van der Waals surface area contributed by atoms with Crippen LogP contribution >= 0.6 is 11.3 Å². The summed E-state index contributed by atoms with van der Waals surface area (Å²) in [6.45, 7) is 6.00. The quantitative estimate of drug-likeness (QED) is 0.297. The van der Waals surface area contributed by atoms with Crippen LogP contribution in [-0.4, -0.2) is 79.6 Å². The van der Waals surface area contributed by atoms with Crippen molar-refractivity contribution in [3.05, 3.63) is 101 Å². The van der Waals surface area contributed by atoms with Gasteiger partial charge in [-0.3, -0.25) is 9.59 Å². The Morgan fingerprint density at radius 3 is 2.61 bits per heavy atom. The third-order valence-electron chi connectivity index (χ3n) is 7.93. The average molecular weight is 615 g/mol. The number of anilines is 1. The van der Waals surface area contributed by atoms with Crippen molar-refractivity contribution in [2.24, 2.45) is 0 Å². The number of phenols is 1. The van der Waals surface area contributed by atoms with Crippen LogP contribution in [0.5, 0.6) is 5.75 Å². The molecule has 0 spiro atoms. The van der Waals surface area contributed by atoms with Gasteiger partial charge in [0.15, 0.2) is 0 Å². The fourth-order valence-corrected chi connectivity index (χ4v) is 6.56. The van der Waals surface area contributed by atoms with E-state index in [1.54, 1.807) is 51.8 Å². The number of rotatable bonds is 7. The first-order chi connectivity index (χ1) is 21.2. The molecule has 0 radical (unpaired) electrons. The molecule has 2 saturated heterocycles. The number of benzene rings is 3. The third-order valence-corrected chi connectivity index (χ3v) is 8.76. The Kier molecular flexibility index (Phi) is 8.02. The Hall–Kier alpha value is -4.81. The van der Waals surface area contributed by atoms with Crippen molar-refractivity contribution >= 4 is 45.1 Å². The number of fused-ring (bicyclic) bond motifs is 2. The molecule has 1 aromatic heterocycles. The topological polar surface area (TPSA) is 109 Å². The number of phenolic OH excluding ortho intramolecular Hbond substituents is 1. The summed E-state index contributed by atoms with van der Waals surface area (Å²) in [6, 6.07) is 15.4. The van der Waals surface area contributed by atoms with Gasteiger partial charge in [-0.15, -0.1) is 17.9 Å². The van der Waals surface area contributed by atoms with Crippen molar-refractivity contribution in [1.29, 1.82) is 0 Å². The molecule has 44 heavy (non-hydrogen) atoms. The largest absolute Gasteiger partial charge is 0.508 e. The molecule has 12 heteroatoms. The van der Waals surface area contributed by atoms with Gasteiger partial charge in [-0.05, 0) is 48.4 Å². The number of hydrogen-bond donors (Lipinski definition) is 2. The molecular weight excluding hydrogens is 583 g/mol. The molecule has 3 heterocycles. The number of amides is 4. The number of aromatic hydroxyl groups is 1. The second-order valence-corrected chi connectivity index (χ2v) is 11.8. The molecule has 2 fully saturated rings. The first-order valence-corrected chi connectivity index (χ1v) is 15.0. The number of hydrogen-bond acceptors (Lipinski definition) is 7. The van der Waals surface area contributed by atoms with Gasteiger partial charge in [0.25, 0.3) is 0 Å². The van der Waals surface area contributed by atoms with Crippen molar-refractivity contribution in [3.8, 4) is 5.75 Å². The van der Waals surface area contributed by atoms with Crippen LogP contribution < -0.4 is 5.32 Å². The van der Waals surface area contributed by atoms with Gasteiger partial charge in [0.2, 0.25) is 11.8 Å². The fraction of sp³-hybridized carbons (Fsp3) is 0.250. The Morgan fingerprint density at radius 2 is 1.89 bits per heavy atom. The number of carbonyl (C=O) groups excluding carboxylic acids is 3. The zero-order valence-electron chi connectivity index (χ0n) is 24.0. The van der Waals surface area contributed by atoms with Gasteiger partial charge in [0.1, 0.15) is 23.8 Å². The maximum atomic E-state index is 14.5. The van der Waals surface area contributed by atoms with Crippen molar-refractivity contribution in [2.75, 3.05) is 25.0 Å². The fourth-order valence-electron chi connectivity index (χ4n) is 5.82. The van der Waals surface area contributed by atoms with E-state index in [0.717, 1.165) is 11.1 Å². The van der Waals surface area contributed by atoms with Crippen LogP contribution in [0.15, 0.2) is 78.8 Å². The van der Waals surface area contributed by atoms with E-state index in [1.165, 1.54) is 39.4 Å². The van der Waals surface area contributed by atoms with Crippen LogP contribution in [0.4, 0.5) is 14.9 Å². The second kappa shape index (κ2) is 12.1. The summed E-state index contributed by atoms with van der Waals surface area (Å²) >= 11 is 1.18. The molecule has 3 aromatic carbocycles. The summed E-state index contributed by atoms with van der Waals surface area (Å²) in [4.78, 5) is 49.3. The number of thiazole rings is 1. The zero-order chi connectivity index (χ0) is 31.0. The number of aromatic nitrogens is 1. The van der Waals surface area contributed by atoms with Gasteiger partial charge >= 0.3 is 6.03 Å². The normalized spacial score (nSPS) is 18.9. The number of halogens is 1. The summed E-state index contributed by atoms with van der Waals surface area (Å²) in [5.74, 6) is -0.896. The predicted octanol–water partition coefficient (Wildman–Crippen LogP) is 4.51. The van der Waals surface area contributed by atoms with Crippen LogP contribution in [0.25, 0.3) is 10.2 Å². The summed E-state index contributed by atoms with van der Waals surface area (Å²) < 4.78 is 14.9. The lowest BCUT2D eigenvalue weighted by Crippen LogP contribution is -2.76. The predicted molar refractivity (Wildman–Crippen MR) is 165 cm³/mol. The number of hydrazine groups is 1. The second-order valence-electron chi connectivity index (χ2n) is 10.9. The van der Waals surface area contributed by atoms with E-state index in [4.69, 9.17) is 0 Å². The highest BCUT2D eigenvalue weighted by molar-refractivity contribution is 7.16. The first-order valence-electron chi connectivity index (χ1n) is 14.1. The molecule has 6 rings (SSSR count). The van der Waals surface area contributed by atoms with E-state index in [0.29, 0.717) is 21.5 Å². The molecule has 0 unspecified atom stereocenters. The van der Waals surface area contributed by atoms with Gasteiger partial charge in [-0.25, -0.2) is 24.2 Å². The minimum Gasteiger partial charge on any atom is -0.508 e. The number of urea groups is 1. The van der Waals surface area contributed by atoms with E-state index in [-0.39, 0.29) is 56.0 Å². The molecule has 2 N–H and O–H groups in total. The Morgan fingerprint density at radius 1 is 1.14 bits per heavy atom. The molecule has 0 saturated carbocycles. The van der Waals surface area contributed by atoms with Crippen LogP contribution in [0.1, 0.15) is 16.7 Å². The molecule has 2 aliphatic rings. The standard InChI is InChI=1S/C32H31FN6O4S/c1-3-14-37-18-28(41)38-26(15-21-6-11-24(40)12-7-21)31(42)36(16-22-8-13-25(33)30-29(22)34-19-44-30)17-27(38)39(37)32(43)35-23-9-4-20(2)5-10-23/h3-13,19,26-27,40H,1,14-18H2,2H3,(H,35,43)/t26-,27-/m0/s1. The minimum absolute atomic E-state index is 0.0224. The smallest absolute Gasteiger partial charge is 0.338 e. The molecule has 0 aliphatic carbocycles. The molecule has 226 valence electrons. The maximum absolute atomic E-state index is 14.5. The van der Waals surface area contributed by atoms with E-state index in [9.17, 15) is 23.9 Å². The Labute approximate surface area is 257 Å². The third kappa shape index (κ3) is 5.61. The van der Waals surface area contributed by atoms with E-state index >= 15 is 0 Å². The first kappa shape index (κ1) is 29.3. The van der Waals surface area contributed by atoms with Crippen LogP contribution in [0.3, 0.4) is 0 Å². The van der Waals surface area contributed by atoms with Gasteiger partial charge in [-0.2, -0.15) is 0 Å². The summed E-state index contributed by atoms with van der Waals surface area (Å²) in [5, 5.41) is 15.9. The van der Waals surface area contributed by atoms with Gasteiger partial charge in [0.05, 0.1) is 28.8 Å². The monoisotopic (exact) mass is 614 g/mol. The van der Waals surface area contributed by atoms with Crippen LogP contribution in [-0.2, 0) is 22.6 Å². The summed E-state index contributed by atoms with van der Waals surface area (Å²) in [6.07, 6.45) is 0.946. The maximum Gasteiger partial charge on any atom is 0.338 e. The highest BCUT2D eigenvalue weighted by atomic mass is 32.1. The number of nitrogens with one attached hydrogen (secondary N) is 1. The highest BCUT2D eigenvalue weighted by Gasteiger charge is 2.51. The zero-order valence-corrected chi connectivity index (χ0v) is 24.8. The van der Waals surface area contributed by atoms with Gasteiger partial charge in [0, 0.05) is 25.2 Å². The van der Waals surface area contributed by atoms with Gasteiger partial charge < -0.3 is 20.2 Å². The van der Waals surface area contributed by atoms with Crippen LogP contribution in [0, 0.1) is 12.7 Å². The summed E-state index contributed by atoms with van der Waals surface area (Å²) in [5.41, 5.74) is 5.07. The molecular formula is C32H31FN6O4S. The van der Waals surface area contributed by atoms with E-state index < -0.39 is 18.2 Å². The van der Waals surface area contributed by atoms with E-state index in [1.807, 2.05) is 19.1 Å². The van der Waals surface area contributed by atoms with Crippen molar-refractivity contribution in [1.82, 2.24) is 24.8 Å². The molecule has 0 bridgehead atoms. The lowest BCUT2D eigenvalue weighted by molar-refractivity contribution is -0.188. The van der Waals surface area contributed by atoms with Crippen molar-refractivity contribution < 1.29 is 23.9 Å². The lowest BCUT2D eigenvalue weighted by atomic mass is 9.98. The molecule has 10 nitrogen and oxygen atoms in total. The van der Waals surface area contributed by atoms with Crippen molar-refractivity contribution in [3.63, 3.8) is 0 Å². The van der Waals surface area contributed by atoms with Crippen LogP contribution in [0.2, 0.25) is 0 Å². The SMILES string of the molecule is C=CCN1CC(=O)N2[C@@H](Cc3ccc(O)cc3)C(=O)N(Cc3ccc(F)c4scnc34)C[C@@H]2N1C(=O)Nc1ccc(C)cc1. The highest BCUT2D eigenvalue weighted by Crippen LogP contribution is 2.32. The van der Waals surface area contributed by atoms with E-state index in [2.05, 4.69) is 16.9 Å². The number of aryl methyl sites for hydroxylation is 1. The Balaban J connectivity index is 1.39. The lowest BCUT2D eigenvalue weighted by Gasteiger charge is -2.55. The van der Waals surface area contributed by atoms with Crippen molar-refractivity contribution in [2.45, 2.75) is 32.1 Å². The minimum atomic E-state index is -0.933. The molecule has 2 atom stereocenters. The number of nitrogens with zero attached hydrogens (tertiary/aromatic N) is 5. The average Bonchev–Trinajstić information content (AvgIpc) is 3.50. The molecule has 4 amide bonds. The molecule has 2 aliphatic heterocycles. The number of piperazine rings is 1. The Bertz CT molecular complexity index is 1730. The van der Waals surface area contributed by atoms with Gasteiger partial charge in [-0.1, -0.05) is 42.0 Å².